The quantitative estimate of drug-likeness (QED) is 0.843. The maximum atomic E-state index is 13.2. The second-order valence-corrected chi connectivity index (χ2v) is 8.51. The summed E-state index contributed by atoms with van der Waals surface area (Å²) in [5, 5.41) is 3.35. The van der Waals surface area contributed by atoms with Crippen LogP contribution in [-0.2, 0) is 0 Å². The number of nitrogens with one attached hydrogen (secondary N) is 1. The van der Waals surface area contributed by atoms with Crippen molar-refractivity contribution >= 4 is 17.5 Å². The van der Waals surface area contributed by atoms with Crippen LogP contribution in [0.1, 0.15) is 55.8 Å². The molecule has 124 valence electrons. The van der Waals surface area contributed by atoms with Gasteiger partial charge in [-0.3, -0.25) is 4.79 Å². The van der Waals surface area contributed by atoms with Crippen molar-refractivity contribution in [1.82, 2.24) is 5.32 Å². The Morgan fingerprint density at radius 3 is 2.30 bits per heavy atom. The lowest BCUT2D eigenvalue weighted by atomic mass is 9.48. The highest BCUT2D eigenvalue weighted by molar-refractivity contribution is 6.33. The first-order chi connectivity index (χ1) is 10.9. The van der Waals surface area contributed by atoms with Gasteiger partial charge in [0.15, 0.2) is 0 Å². The van der Waals surface area contributed by atoms with Crippen LogP contribution in [0.2, 0.25) is 5.02 Å². The lowest BCUT2D eigenvalue weighted by molar-refractivity contribution is -0.0688. The largest absolute Gasteiger partial charge is 0.349 e. The lowest BCUT2D eigenvalue weighted by Gasteiger charge is -2.59. The van der Waals surface area contributed by atoms with Crippen LogP contribution in [0.3, 0.4) is 0 Å². The highest BCUT2D eigenvalue weighted by Gasteiger charge is 2.53. The van der Waals surface area contributed by atoms with Crippen LogP contribution in [0.25, 0.3) is 0 Å². The molecule has 2 nitrogen and oxygen atoms in total. The lowest BCUT2D eigenvalue weighted by Crippen LogP contribution is -2.55. The molecular weight excluding hydrogens is 313 g/mol. The fourth-order valence-electron chi connectivity index (χ4n) is 5.81. The van der Waals surface area contributed by atoms with Crippen LogP contribution >= 0.6 is 11.6 Å². The summed E-state index contributed by atoms with van der Waals surface area (Å²) >= 11 is 6.03. The number of carbonyl (C=O) groups excluding carboxylic acids is 1. The van der Waals surface area contributed by atoms with Crippen LogP contribution in [0, 0.1) is 29.0 Å². The van der Waals surface area contributed by atoms with E-state index in [2.05, 4.69) is 12.2 Å². The molecule has 4 bridgehead atoms. The summed E-state index contributed by atoms with van der Waals surface area (Å²) in [4.78, 5) is 12.6. The SMILES string of the molecule is C[C@@H](NC(=O)c1ccc(F)cc1Cl)C12CC3CC(CC(C3)C1)C2. The summed E-state index contributed by atoms with van der Waals surface area (Å²) in [6, 6.07) is 4.10. The van der Waals surface area contributed by atoms with Gasteiger partial charge in [0.25, 0.3) is 5.91 Å². The van der Waals surface area contributed by atoms with Crippen LogP contribution in [0.15, 0.2) is 18.2 Å². The van der Waals surface area contributed by atoms with E-state index >= 15 is 0 Å². The van der Waals surface area contributed by atoms with Crippen LogP contribution in [-0.4, -0.2) is 11.9 Å². The van der Waals surface area contributed by atoms with Gasteiger partial charge in [-0.1, -0.05) is 11.6 Å². The number of amides is 1. The summed E-state index contributed by atoms with van der Waals surface area (Å²) in [6.07, 6.45) is 7.92. The Morgan fingerprint density at radius 1 is 1.22 bits per heavy atom. The molecule has 1 atom stereocenters. The van der Waals surface area contributed by atoms with E-state index in [1.165, 1.54) is 56.7 Å². The van der Waals surface area contributed by atoms with Crippen molar-refractivity contribution in [3.63, 3.8) is 0 Å². The Kier molecular flexibility index (Phi) is 3.67. The second kappa shape index (κ2) is 5.47. The number of hydrogen-bond donors (Lipinski definition) is 1. The Bertz CT molecular complexity index is 609. The van der Waals surface area contributed by atoms with Gasteiger partial charge in [-0.2, -0.15) is 0 Å². The van der Waals surface area contributed by atoms with E-state index in [0.717, 1.165) is 17.8 Å². The molecule has 1 amide bonds. The first-order valence-electron chi connectivity index (χ1n) is 8.71. The van der Waals surface area contributed by atoms with Gasteiger partial charge in [0.2, 0.25) is 0 Å². The predicted octanol–water partition coefficient (Wildman–Crippen LogP) is 4.81. The Balaban J connectivity index is 1.51. The van der Waals surface area contributed by atoms with Gasteiger partial charge in [-0.15, -0.1) is 0 Å². The summed E-state index contributed by atoms with van der Waals surface area (Å²) in [6.45, 7) is 2.14. The zero-order valence-electron chi connectivity index (χ0n) is 13.4. The molecule has 1 aromatic carbocycles. The van der Waals surface area contributed by atoms with E-state index in [1.807, 2.05) is 0 Å². The number of halogens is 2. The van der Waals surface area contributed by atoms with Crippen molar-refractivity contribution in [1.29, 1.82) is 0 Å². The van der Waals surface area contributed by atoms with Gasteiger partial charge < -0.3 is 5.32 Å². The van der Waals surface area contributed by atoms with Gasteiger partial charge >= 0.3 is 0 Å². The average molecular weight is 336 g/mol. The zero-order valence-corrected chi connectivity index (χ0v) is 14.2. The van der Waals surface area contributed by atoms with Crippen LogP contribution < -0.4 is 5.32 Å². The van der Waals surface area contributed by atoms with Gasteiger partial charge in [-0.05, 0) is 86.8 Å². The van der Waals surface area contributed by atoms with E-state index < -0.39 is 5.82 Å². The van der Waals surface area contributed by atoms with E-state index in [1.54, 1.807) is 0 Å². The minimum absolute atomic E-state index is 0.143. The Morgan fingerprint density at radius 2 is 1.78 bits per heavy atom. The monoisotopic (exact) mass is 335 g/mol. The standard InChI is InChI=1S/C19H23ClFNO/c1-11(22-18(23)16-3-2-15(21)7-17(16)20)19-8-12-4-13(9-19)6-14(5-12)10-19/h2-3,7,11-14H,4-6,8-10H2,1H3,(H,22,23)/t11-,12?,13?,14?,19?/m1/s1. The van der Waals surface area contributed by atoms with Crippen molar-refractivity contribution in [3.05, 3.63) is 34.6 Å². The minimum Gasteiger partial charge on any atom is -0.349 e. The molecule has 23 heavy (non-hydrogen) atoms. The number of carbonyl (C=O) groups is 1. The molecule has 0 aliphatic heterocycles. The zero-order chi connectivity index (χ0) is 16.2. The van der Waals surface area contributed by atoms with Crippen LogP contribution in [0.5, 0.6) is 0 Å². The molecule has 4 aliphatic carbocycles. The molecule has 0 unspecified atom stereocenters. The number of hydrogen-bond acceptors (Lipinski definition) is 1. The third-order valence-corrected chi connectivity index (χ3v) is 6.84. The minimum atomic E-state index is -0.416. The summed E-state index contributed by atoms with van der Waals surface area (Å²) in [7, 11) is 0. The number of rotatable bonds is 3. The third kappa shape index (κ3) is 2.67. The van der Waals surface area contributed by atoms with Gasteiger partial charge in [0.1, 0.15) is 5.82 Å². The van der Waals surface area contributed by atoms with Crippen LogP contribution in [0.4, 0.5) is 4.39 Å². The van der Waals surface area contributed by atoms with E-state index in [4.69, 9.17) is 11.6 Å². The molecule has 0 saturated heterocycles. The van der Waals surface area contributed by atoms with Gasteiger partial charge in [0.05, 0.1) is 10.6 Å². The molecule has 4 saturated carbocycles. The van der Waals surface area contributed by atoms with E-state index in [-0.39, 0.29) is 22.4 Å². The molecule has 0 heterocycles. The van der Waals surface area contributed by atoms with Gasteiger partial charge in [0, 0.05) is 6.04 Å². The normalized spacial score (nSPS) is 36.0. The molecule has 0 spiro atoms. The molecule has 0 radical (unpaired) electrons. The van der Waals surface area contributed by atoms with Gasteiger partial charge in [-0.25, -0.2) is 4.39 Å². The van der Waals surface area contributed by atoms with E-state index in [9.17, 15) is 9.18 Å². The van der Waals surface area contributed by atoms with Crippen molar-refractivity contribution < 1.29 is 9.18 Å². The van der Waals surface area contributed by atoms with Crippen molar-refractivity contribution in [2.45, 2.75) is 51.5 Å². The average Bonchev–Trinajstić information content (AvgIpc) is 2.45. The topological polar surface area (TPSA) is 29.1 Å². The maximum Gasteiger partial charge on any atom is 0.253 e. The predicted molar refractivity (Wildman–Crippen MR) is 88.9 cm³/mol. The Hall–Kier alpha value is -1.09. The highest BCUT2D eigenvalue weighted by atomic mass is 35.5. The van der Waals surface area contributed by atoms with Crippen molar-refractivity contribution in [3.8, 4) is 0 Å². The molecule has 5 rings (SSSR count). The molecular formula is C19H23ClFNO. The summed E-state index contributed by atoms with van der Waals surface area (Å²) in [5.74, 6) is 1.97. The van der Waals surface area contributed by atoms with Crippen molar-refractivity contribution in [2.24, 2.45) is 23.2 Å². The molecule has 4 heteroatoms. The molecule has 4 fully saturated rings. The third-order valence-electron chi connectivity index (χ3n) is 6.53. The summed E-state index contributed by atoms with van der Waals surface area (Å²) < 4.78 is 13.2. The van der Waals surface area contributed by atoms with Crippen molar-refractivity contribution in [2.75, 3.05) is 0 Å². The first-order valence-corrected chi connectivity index (χ1v) is 9.09. The number of benzene rings is 1. The molecule has 1 aromatic rings. The maximum absolute atomic E-state index is 13.2. The Labute approximate surface area is 141 Å². The fourth-order valence-corrected chi connectivity index (χ4v) is 6.06. The molecule has 0 aromatic heterocycles. The second-order valence-electron chi connectivity index (χ2n) is 8.10. The summed E-state index contributed by atoms with van der Waals surface area (Å²) in [5.41, 5.74) is 0.626. The molecule has 4 aliphatic rings. The fraction of sp³-hybridized carbons (Fsp3) is 0.632. The molecule has 1 N–H and O–H groups in total. The van der Waals surface area contributed by atoms with E-state index in [0.29, 0.717) is 5.56 Å². The smallest absolute Gasteiger partial charge is 0.253 e. The first kappa shape index (κ1) is 15.4. The highest BCUT2D eigenvalue weighted by Crippen LogP contribution is 2.61.